The van der Waals surface area contributed by atoms with E-state index in [2.05, 4.69) is 10.4 Å². The molecule has 2 rings (SSSR count). The molecule has 0 radical (unpaired) electrons. The van der Waals surface area contributed by atoms with Gasteiger partial charge in [-0.25, -0.2) is 0 Å². The van der Waals surface area contributed by atoms with Gasteiger partial charge in [0.15, 0.2) is 5.69 Å². The number of rotatable bonds is 4. The zero-order valence-corrected chi connectivity index (χ0v) is 10.8. The fourth-order valence-electron chi connectivity index (χ4n) is 1.60. The van der Waals surface area contributed by atoms with Crippen LogP contribution in [0.4, 0.5) is 5.69 Å². The average Bonchev–Trinajstić information content (AvgIpc) is 2.79. The van der Waals surface area contributed by atoms with Crippen molar-refractivity contribution in [2.24, 2.45) is 7.05 Å². The first kappa shape index (κ1) is 12.6. The predicted molar refractivity (Wildman–Crippen MR) is 72.0 cm³/mol. The number of anilines is 1. The number of alkyl halides is 1. The molecule has 0 aliphatic rings. The van der Waals surface area contributed by atoms with E-state index in [0.717, 1.165) is 17.7 Å². The van der Waals surface area contributed by atoms with Crippen LogP contribution in [-0.4, -0.2) is 21.6 Å². The van der Waals surface area contributed by atoms with Gasteiger partial charge in [0.1, 0.15) is 0 Å². The molecule has 1 N–H and O–H groups in total. The van der Waals surface area contributed by atoms with E-state index in [9.17, 15) is 4.79 Å². The highest BCUT2D eigenvalue weighted by Gasteiger charge is 2.08. The van der Waals surface area contributed by atoms with Crippen molar-refractivity contribution >= 4 is 23.2 Å². The minimum Gasteiger partial charge on any atom is -0.321 e. The summed E-state index contributed by atoms with van der Waals surface area (Å²) in [5, 5.41) is 6.83. The van der Waals surface area contributed by atoms with Crippen LogP contribution in [0.25, 0.3) is 0 Å². The van der Waals surface area contributed by atoms with Crippen molar-refractivity contribution in [3.63, 3.8) is 0 Å². The third-order valence-electron chi connectivity index (χ3n) is 2.54. The number of benzene rings is 1. The molecule has 0 fully saturated rings. The molecule has 0 saturated heterocycles. The van der Waals surface area contributed by atoms with Gasteiger partial charge in [0, 0.05) is 24.8 Å². The predicted octanol–water partition coefficient (Wildman–Crippen LogP) is 2.45. The Morgan fingerprint density at radius 3 is 2.61 bits per heavy atom. The second-order valence-electron chi connectivity index (χ2n) is 3.96. The first-order valence-corrected chi connectivity index (χ1v) is 6.18. The monoisotopic (exact) mass is 263 g/mol. The van der Waals surface area contributed by atoms with Crippen LogP contribution in [0.5, 0.6) is 0 Å². The quantitative estimate of drug-likeness (QED) is 0.862. The van der Waals surface area contributed by atoms with Gasteiger partial charge < -0.3 is 5.32 Å². The van der Waals surface area contributed by atoms with Crippen LogP contribution in [0.3, 0.4) is 0 Å². The summed E-state index contributed by atoms with van der Waals surface area (Å²) in [6, 6.07) is 9.31. The molecule has 0 atom stereocenters. The lowest BCUT2D eigenvalue weighted by molar-refractivity contribution is 0.102. The van der Waals surface area contributed by atoms with Gasteiger partial charge in [-0.1, -0.05) is 12.1 Å². The number of carbonyl (C=O) groups excluding carboxylic acids is 1. The summed E-state index contributed by atoms with van der Waals surface area (Å²) in [4.78, 5) is 11.8. The Bertz CT molecular complexity index is 533. The van der Waals surface area contributed by atoms with Crippen molar-refractivity contribution in [2.75, 3.05) is 11.2 Å². The Kier molecular flexibility index (Phi) is 3.99. The number of hydrogen-bond donors (Lipinski definition) is 1. The first-order valence-electron chi connectivity index (χ1n) is 5.65. The summed E-state index contributed by atoms with van der Waals surface area (Å²) in [5.41, 5.74) is 2.31. The van der Waals surface area contributed by atoms with Gasteiger partial charge in [0.05, 0.1) is 0 Å². The van der Waals surface area contributed by atoms with Crippen LogP contribution in [0.15, 0.2) is 36.5 Å². The van der Waals surface area contributed by atoms with E-state index in [1.54, 1.807) is 24.0 Å². The molecule has 0 bridgehead atoms. The zero-order valence-electron chi connectivity index (χ0n) is 10.1. The van der Waals surface area contributed by atoms with Gasteiger partial charge in [-0.2, -0.15) is 5.10 Å². The Labute approximate surface area is 111 Å². The number of aryl methyl sites for hydroxylation is 2. The lowest BCUT2D eigenvalue weighted by Crippen LogP contribution is -2.13. The van der Waals surface area contributed by atoms with Gasteiger partial charge in [0.2, 0.25) is 0 Å². The lowest BCUT2D eigenvalue weighted by atomic mass is 10.1. The third kappa shape index (κ3) is 3.11. The van der Waals surface area contributed by atoms with Crippen molar-refractivity contribution in [2.45, 2.75) is 6.42 Å². The van der Waals surface area contributed by atoms with E-state index in [1.807, 2.05) is 24.3 Å². The highest BCUT2D eigenvalue weighted by atomic mass is 35.5. The number of amides is 1. The third-order valence-corrected chi connectivity index (χ3v) is 2.73. The molecule has 1 heterocycles. The molecule has 1 aromatic heterocycles. The van der Waals surface area contributed by atoms with E-state index >= 15 is 0 Å². The van der Waals surface area contributed by atoms with Crippen molar-refractivity contribution in [3.05, 3.63) is 47.8 Å². The minimum absolute atomic E-state index is 0.208. The molecule has 1 aromatic carbocycles. The summed E-state index contributed by atoms with van der Waals surface area (Å²) in [6.45, 7) is 0. The van der Waals surface area contributed by atoms with Gasteiger partial charge in [-0.05, 0) is 30.2 Å². The molecule has 0 saturated carbocycles. The molecule has 0 unspecified atom stereocenters. The number of nitrogens with zero attached hydrogens (tertiary/aromatic N) is 2. The zero-order chi connectivity index (χ0) is 13.0. The van der Waals surface area contributed by atoms with Gasteiger partial charge in [-0.15, -0.1) is 11.6 Å². The number of nitrogens with one attached hydrogen (secondary N) is 1. The summed E-state index contributed by atoms with van der Waals surface area (Å²) in [7, 11) is 1.78. The van der Waals surface area contributed by atoms with Crippen molar-refractivity contribution in [1.82, 2.24) is 9.78 Å². The van der Waals surface area contributed by atoms with E-state index in [1.165, 1.54) is 0 Å². The van der Waals surface area contributed by atoms with Crippen molar-refractivity contribution in [3.8, 4) is 0 Å². The molecular formula is C13H14ClN3O. The summed E-state index contributed by atoms with van der Waals surface area (Å²) in [5.74, 6) is 0.389. The Morgan fingerprint density at radius 1 is 1.33 bits per heavy atom. The highest BCUT2D eigenvalue weighted by molar-refractivity contribution is 6.18. The molecule has 94 valence electrons. The standard InChI is InChI=1S/C13H14ClN3O/c1-17-9-7-12(16-17)13(18)15-11-4-2-10(3-5-11)6-8-14/h2-5,7,9H,6,8H2,1H3,(H,15,18). The Hall–Kier alpha value is -1.81. The fraction of sp³-hybridized carbons (Fsp3) is 0.231. The van der Waals surface area contributed by atoms with Crippen LogP contribution < -0.4 is 5.32 Å². The van der Waals surface area contributed by atoms with E-state index in [-0.39, 0.29) is 5.91 Å². The molecule has 2 aromatic rings. The van der Waals surface area contributed by atoms with E-state index < -0.39 is 0 Å². The molecule has 0 aliphatic carbocycles. The second-order valence-corrected chi connectivity index (χ2v) is 4.34. The lowest BCUT2D eigenvalue weighted by Gasteiger charge is -2.04. The molecule has 18 heavy (non-hydrogen) atoms. The Balaban J connectivity index is 2.03. The Morgan fingerprint density at radius 2 is 2.06 bits per heavy atom. The van der Waals surface area contributed by atoms with Crippen LogP contribution in [0.1, 0.15) is 16.1 Å². The average molecular weight is 264 g/mol. The fourth-order valence-corrected chi connectivity index (χ4v) is 1.81. The SMILES string of the molecule is Cn1ccc(C(=O)Nc2ccc(CCCl)cc2)n1. The second kappa shape index (κ2) is 5.69. The number of carbonyl (C=O) groups is 1. The largest absolute Gasteiger partial charge is 0.321 e. The maximum Gasteiger partial charge on any atom is 0.276 e. The number of hydrogen-bond acceptors (Lipinski definition) is 2. The van der Waals surface area contributed by atoms with E-state index in [0.29, 0.717) is 11.6 Å². The highest BCUT2D eigenvalue weighted by Crippen LogP contribution is 2.11. The van der Waals surface area contributed by atoms with Gasteiger partial charge in [-0.3, -0.25) is 9.48 Å². The van der Waals surface area contributed by atoms with Crippen LogP contribution in [0.2, 0.25) is 0 Å². The van der Waals surface area contributed by atoms with Crippen LogP contribution in [0, 0.1) is 0 Å². The van der Waals surface area contributed by atoms with Crippen LogP contribution in [-0.2, 0) is 13.5 Å². The molecule has 1 amide bonds. The van der Waals surface area contributed by atoms with Crippen LogP contribution >= 0.6 is 11.6 Å². The maximum atomic E-state index is 11.8. The maximum absolute atomic E-state index is 11.8. The molecular weight excluding hydrogens is 250 g/mol. The molecule has 0 spiro atoms. The van der Waals surface area contributed by atoms with E-state index in [4.69, 9.17) is 11.6 Å². The molecule has 4 nitrogen and oxygen atoms in total. The first-order chi connectivity index (χ1) is 8.69. The van der Waals surface area contributed by atoms with Crippen molar-refractivity contribution < 1.29 is 4.79 Å². The normalized spacial score (nSPS) is 10.3. The van der Waals surface area contributed by atoms with Crippen molar-refractivity contribution in [1.29, 1.82) is 0 Å². The van der Waals surface area contributed by atoms with Gasteiger partial charge >= 0.3 is 0 Å². The minimum atomic E-state index is -0.208. The topological polar surface area (TPSA) is 46.9 Å². The molecule has 0 aliphatic heterocycles. The summed E-state index contributed by atoms with van der Waals surface area (Å²) < 4.78 is 1.60. The molecule has 5 heteroatoms. The number of halogens is 1. The summed E-state index contributed by atoms with van der Waals surface area (Å²) in [6.07, 6.45) is 2.56. The van der Waals surface area contributed by atoms with Gasteiger partial charge in [0.25, 0.3) is 5.91 Å². The smallest absolute Gasteiger partial charge is 0.276 e. The number of aromatic nitrogens is 2. The summed E-state index contributed by atoms with van der Waals surface area (Å²) >= 11 is 5.66.